The molecule has 0 fully saturated rings. The maximum Gasteiger partial charge on any atom is 0.246 e. The SMILES string of the molecule is CCCC[Si](C)(C)O[C@](C=O)(OC)[C@@H](OC)[C@@H](C)OC. The van der Waals surface area contributed by atoms with E-state index in [0.29, 0.717) is 6.29 Å². The molecular formula is C14H30O5Si. The van der Waals surface area contributed by atoms with Crippen molar-refractivity contribution in [1.82, 2.24) is 0 Å². The molecule has 0 saturated carbocycles. The quantitative estimate of drug-likeness (QED) is 0.334. The van der Waals surface area contributed by atoms with Crippen molar-refractivity contribution in [2.45, 2.75) is 63.8 Å². The summed E-state index contributed by atoms with van der Waals surface area (Å²) in [6.45, 7) is 8.14. The number of rotatable bonds is 11. The molecule has 6 heteroatoms. The second-order valence-electron chi connectivity index (χ2n) is 5.61. The van der Waals surface area contributed by atoms with E-state index < -0.39 is 20.2 Å². The molecule has 0 aliphatic rings. The molecule has 0 aromatic heterocycles. The molecule has 0 N–H and O–H groups in total. The van der Waals surface area contributed by atoms with Gasteiger partial charge in [-0.25, -0.2) is 0 Å². The fraction of sp³-hybridized carbons (Fsp3) is 0.929. The van der Waals surface area contributed by atoms with Crippen molar-refractivity contribution in [3.63, 3.8) is 0 Å². The summed E-state index contributed by atoms with van der Waals surface area (Å²) in [5.41, 5.74) is 0. The van der Waals surface area contributed by atoms with Crippen LogP contribution in [0.3, 0.4) is 0 Å². The minimum Gasteiger partial charge on any atom is -0.383 e. The third-order valence-electron chi connectivity index (χ3n) is 3.50. The number of carbonyl (C=O) groups is 1. The van der Waals surface area contributed by atoms with Gasteiger partial charge in [-0.1, -0.05) is 19.8 Å². The Balaban J connectivity index is 5.21. The van der Waals surface area contributed by atoms with E-state index in [1.807, 2.05) is 6.92 Å². The monoisotopic (exact) mass is 306 g/mol. The van der Waals surface area contributed by atoms with E-state index in [0.717, 1.165) is 18.9 Å². The molecule has 0 spiro atoms. The average Bonchev–Trinajstić information content (AvgIpc) is 2.44. The fourth-order valence-electron chi connectivity index (χ4n) is 2.25. The van der Waals surface area contributed by atoms with Crippen LogP contribution in [-0.2, 0) is 23.4 Å². The summed E-state index contributed by atoms with van der Waals surface area (Å²) in [7, 11) is 2.53. The third-order valence-corrected chi connectivity index (χ3v) is 5.93. The summed E-state index contributed by atoms with van der Waals surface area (Å²) in [5, 5.41) is 0. The van der Waals surface area contributed by atoms with Crippen LogP contribution in [0, 0.1) is 0 Å². The molecule has 0 aromatic rings. The number of unbranched alkanes of at least 4 members (excludes halogenated alkanes) is 1. The predicted octanol–water partition coefficient (Wildman–Crippen LogP) is 2.60. The topological polar surface area (TPSA) is 54.0 Å². The first-order valence-corrected chi connectivity index (χ1v) is 10.2. The van der Waals surface area contributed by atoms with Crippen molar-refractivity contribution in [2.24, 2.45) is 0 Å². The first kappa shape index (κ1) is 19.7. The van der Waals surface area contributed by atoms with Crippen molar-refractivity contribution in [1.29, 1.82) is 0 Å². The molecule has 120 valence electrons. The zero-order valence-corrected chi connectivity index (χ0v) is 14.9. The van der Waals surface area contributed by atoms with Crippen molar-refractivity contribution >= 4 is 14.6 Å². The van der Waals surface area contributed by atoms with Crippen LogP contribution < -0.4 is 0 Å². The van der Waals surface area contributed by atoms with E-state index in [4.69, 9.17) is 18.6 Å². The molecule has 0 unspecified atom stereocenters. The van der Waals surface area contributed by atoms with Crippen LogP contribution in [-0.4, -0.2) is 53.9 Å². The van der Waals surface area contributed by atoms with Crippen LogP contribution in [0.25, 0.3) is 0 Å². The Morgan fingerprint density at radius 3 is 2.15 bits per heavy atom. The largest absolute Gasteiger partial charge is 0.383 e. The van der Waals surface area contributed by atoms with Gasteiger partial charge < -0.3 is 18.6 Å². The number of hydrogen-bond acceptors (Lipinski definition) is 5. The smallest absolute Gasteiger partial charge is 0.246 e. The van der Waals surface area contributed by atoms with E-state index in [9.17, 15) is 4.79 Å². The van der Waals surface area contributed by atoms with Gasteiger partial charge in [-0.15, -0.1) is 0 Å². The number of methoxy groups -OCH3 is 3. The van der Waals surface area contributed by atoms with E-state index in [1.54, 1.807) is 7.11 Å². The van der Waals surface area contributed by atoms with Gasteiger partial charge in [0.05, 0.1) is 6.10 Å². The second kappa shape index (κ2) is 8.89. The van der Waals surface area contributed by atoms with E-state index in [-0.39, 0.29) is 6.10 Å². The Morgan fingerprint density at radius 1 is 1.20 bits per heavy atom. The van der Waals surface area contributed by atoms with Crippen molar-refractivity contribution in [3.8, 4) is 0 Å². The summed E-state index contributed by atoms with van der Waals surface area (Å²) in [5.74, 6) is -1.41. The highest BCUT2D eigenvalue weighted by Crippen LogP contribution is 2.28. The van der Waals surface area contributed by atoms with Crippen LogP contribution >= 0.6 is 0 Å². The number of hydrogen-bond donors (Lipinski definition) is 0. The maximum atomic E-state index is 11.7. The standard InChI is InChI=1S/C14H30O5Si/c1-8-9-10-20(6,7)19-14(11-15,18-5)13(17-4)12(2)16-3/h11-13H,8-10H2,1-7H3/t12-,13+,14+/m1/s1. The Labute approximate surface area is 124 Å². The Hall–Kier alpha value is -0.273. The molecule has 0 bridgehead atoms. The summed E-state index contributed by atoms with van der Waals surface area (Å²) < 4.78 is 22.3. The summed E-state index contributed by atoms with van der Waals surface area (Å²) >= 11 is 0. The van der Waals surface area contributed by atoms with Crippen LogP contribution in [0.1, 0.15) is 26.7 Å². The highest BCUT2D eigenvalue weighted by molar-refractivity contribution is 6.71. The highest BCUT2D eigenvalue weighted by Gasteiger charge is 2.48. The van der Waals surface area contributed by atoms with Crippen LogP contribution in [0.15, 0.2) is 0 Å². The van der Waals surface area contributed by atoms with Gasteiger partial charge >= 0.3 is 0 Å². The van der Waals surface area contributed by atoms with Crippen LogP contribution in [0.2, 0.25) is 19.1 Å². The molecule has 0 radical (unpaired) electrons. The number of carbonyl (C=O) groups excluding carboxylic acids is 1. The molecule has 0 aliphatic heterocycles. The number of aldehydes is 1. The Kier molecular flexibility index (Phi) is 8.77. The maximum absolute atomic E-state index is 11.7. The molecule has 0 rings (SSSR count). The Bertz CT molecular complexity index is 285. The predicted molar refractivity (Wildman–Crippen MR) is 81.4 cm³/mol. The molecule has 5 nitrogen and oxygen atoms in total. The van der Waals surface area contributed by atoms with Gasteiger partial charge in [-0.05, 0) is 26.1 Å². The summed E-state index contributed by atoms with van der Waals surface area (Å²) in [6.07, 6.45) is 1.94. The molecule has 20 heavy (non-hydrogen) atoms. The minimum atomic E-state index is -2.03. The fourth-order valence-corrected chi connectivity index (χ4v) is 4.67. The van der Waals surface area contributed by atoms with Crippen LogP contribution in [0.5, 0.6) is 0 Å². The van der Waals surface area contributed by atoms with Crippen LogP contribution in [0.4, 0.5) is 0 Å². The second-order valence-corrected chi connectivity index (χ2v) is 9.83. The van der Waals surface area contributed by atoms with Crippen molar-refractivity contribution in [2.75, 3.05) is 21.3 Å². The zero-order chi connectivity index (χ0) is 15.8. The van der Waals surface area contributed by atoms with Gasteiger partial charge in [0.25, 0.3) is 0 Å². The lowest BCUT2D eigenvalue weighted by atomic mass is 10.1. The first-order chi connectivity index (χ1) is 9.32. The van der Waals surface area contributed by atoms with E-state index >= 15 is 0 Å². The molecule has 0 aliphatic carbocycles. The molecule has 0 heterocycles. The molecule has 0 aromatic carbocycles. The third kappa shape index (κ3) is 5.25. The minimum absolute atomic E-state index is 0.318. The number of ether oxygens (including phenoxy) is 3. The van der Waals surface area contributed by atoms with Crippen molar-refractivity contribution in [3.05, 3.63) is 0 Å². The summed E-state index contributed by atoms with van der Waals surface area (Å²) in [6, 6.07) is 0.972. The summed E-state index contributed by atoms with van der Waals surface area (Å²) in [4.78, 5) is 11.7. The van der Waals surface area contributed by atoms with E-state index in [2.05, 4.69) is 20.0 Å². The lowest BCUT2D eigenvalue weighted by molar-refractivity contribution is -0.238. The van der Waals surface area contributed by atoms with E-state index in [1.165, 1.54) is 14.2 Å². The lowest BCUT2D eigenvalue weighted by Gasteiger charge is -2.41. The van der Waals surface area contributed by atoms with Gasteiger partial charge in [0.1, 0.15) is 6.10 Å². The first-order valence-electron chi connectivity index (χ1n) is 7.09. The van der Waals surface area contributed by atoms with Crippen molar-refractivity contribution < 1.29 is 23.4 Å². The van der Waals surface area contributed by atoms with Gasteiger partial charge in [-0.3, -0.25) is 4.79 Å². The van der Waals surface area contributed by atoms with Gasteiger partial charge in [0.15, 0.2) is 14.6 Å². The molecule has 0 saturated heterocycles. The molecule has 0 amide bonds. The lowest BCUT2D eigenvalue weighted by Crippen LogP contribution is -2.58. The van der Waals surface area contributed by atoms with Gasteiger partial charge in [-0.2, -0.15) is 0 Å². The van der Waals surface area contributed by atoms with Gasteiger partial charge in [0.2, 0.25) is 5.79 Å². The zero-order valence-electron chi connectivity index (χ0n) is 13.9. The molecular weight excluding hydrogens is 276 g/mol. The Morgan fingerprint density at radius 2 is 1.80 bits per heavy atom. The normalized spacial score (nSPS) is 18.4. The molecule has 3 atom stereocenters. The average molecular weight is 306 g/mol. The highest BCUT2D eigenvalue weighted by atomic mass is 28.4. The van der Waals surface area contributed by atoms with Gasteiger partial charge in [0, 0.05) is 21.3 Å².